The van der Waals surface area contributed by atoms with Crippen LogP contribution in [-0.2, 0) is 6.18 Å². The van der Waals surface area contributed by atoms with Gasteiger partial charge in [-0.15, -0.1) is 0 Å². The number of rotatable bonds is 2. The number of halogens is 3. The third-order valence-electron chi connectivity index (χ3n) is 3.17. The molecule has 2 aromatic rings. The van der Waals surface area contributed by atoms with Gasteiger partial charge in [0.25, 0.3) is 0 Å². The molecule has 0 fully saturated rings. The Bertz CT molecular complexity index is 723. The Labute approximate surface area is 129 Å². The van der Waals surface area contributed by atoms with Crippen molar-refractivity contribution in [1.82, 2.24) is 0 Å². The lowest BCUT2D eigenvalue weighted by atomic mass is 10.1. The molecule has 0 spiro atoms. The highest BCUT2D eigenvalue weighted by Crippen LogP contribution is 2.34. The summed E-state index contributed by atoms with van der Waals surface area (Å²) in [4.78, 5) is 12.0. The van der Waals surface area contributed by atoms with Crippen LogP contribution in [0.3, 0.4) is 0 Å². The first kappa shape index (κ1) is 15.2. The molecule has 1 aliphatic heterocycles. The van der Waals surface area contributed by atoms with Gasteiger partial charge in [-0.3, -0.25) is 0 Å². The summed E-state index contributed by atoms with van der Waals surface area (Å²) in [6, 6.07) is 8.43. The lowest BCUT2D eigenvalue weighted by Gasteiger charge is -2.18. The quantitative estimate of drug-likeness (QED) is 0.624. The van der Waals surface area contributed by atoms with Crippen LogP contribution in [0.1, 0.15) is 15.9 Å². The number of ether oxygens (including phenoxy) is 3. The van der Waals surface area contributed by atoms with Gasteiger partial charge < -0.3 is 14.2 Å². The van der Waals surface area contributed by atoms with Crippen LogP contribution in [0.2, 0.25) is 0 Å². The summed E-state index contributed by atoms with van der Waals surface area (Å²) >= 11 is 0. The van der Waals surface area contributed by atoms with E-state index >= 15 is 0 Å². The molecule has 1 aliphatic rings. The molecule has 23 heavy (non-hydrogen) atoms. The van der Waals surface area contributed by atoms with Gasteiger partial charge in [-0.05, 0) is 36.4 Å². The smallest absolute Gasteiger partial charge is 0.416 e. The summed E-state index contributed by atoms with van der Waals surface area (Å²) in [5, 5.41) is 0. The molecular weight excluding hydrogens is 313 g/mol. The van der Waals surface area contributed by atoms with E-state index in [9.17, 15) is 18.0 Å². The van der Waals surface area contributed by atoms with Gasteiger partial charge in [-0.25, -0.2) is 4.79 Å². The van der Waals surface area contributed by atoms with Crippen LogP contribution in [0.15, 0.2) is 42.5 Å². The van der Waals surface area contributed by atoms with Crippen molar-refractivity contribution in [2.45, 2.75) is 6.18 Å². The van der Waals surface area contributed by atoms with Gasteiger partial charge in [-0.1, -0.05) is 0 Å². The van der Waals surface area contributed by atoms with Crippen molar-refractivity contribution < 1.29 is 32.2 Å². The van der Waals surface area contributed by atoms with E-state index in [1.165, 1.54) is 12.1 Å². The Morgan fingerprint density at radius 2 is 1.61 bits per heavy atom. The topological polar surface area (TPSA) is 44.8 Å². The molecule has 0 unspecified atom stereocenters. The fourth-order valence-electron chi connectivity index (χ4n) is 2.05. The predicted molar refractivity (Wildman–Crippen MR) is 73.8 cm³/mol. The lowest BCUT2D eigenvalue weighted by molar-refractivity contribution is -0.137. The molecule has 0 N–H and O–H groups in total. The van der Waals surface area contributed by atoms with E-state index in [0.717, 1.165) is 24.3 Å². The zero-order valence-electron chi connectivity index (χ0n) is 11.7. The Morgan fingerprint density at radius 3 is 2.26 bits per heavy atom. The molecule has 0 saturated carbocycles. The molecule has 2 aromatic carbocycles. The molecule has 0 saturated heterocycles. The van der Waals surface area contributed by atoms with E-state index < -0.39 is 17.7 Å². The lowest BCUT2D eigenvalue weighted by Crippen LogP contribution is -2.15. The fraction of sp³-hybridized carbons (Fsp3) is 0.188. The first-order valence-corrected chi connectivity index (χ1v) is 6.72. The van der Waals surface area contributed by atoms with Gasteiger partial charge >= 0.3 is 12.1 Å². The second-order valence-corrected chi connectivity index (χ2v) is 4.77. The average molecular weight is 324 g/mol. The van der Waals surface area contributed by atoms with Gasteiger partial charge in [0, 0.05) is 6.07 Å². The maximum atomic E-state index is 12.5. The van der Waals surface area contributed by atoms with Gasteiger partial charge in [0.1, 0.15) is 19.0 Å². The zero-order chi connectivity index (χ0) is 16.4. The van der Waals surface area contributed by atoms with Crippen LogP contribution in [-0.4, -0.2) is 19.2 Å². The Hall–Kier alpha value is -2.70. The van der Waals surface area contributed by atoms with Crippen LogP contribution < -0.4 is 14.2 Å². The number of carbonyl (C=O) groups excluding carboxylic acids is 1. The molecule has 0 bridgehead atoms. The largest absolute Gasteiger partial charge is 0.486 e. The van der Waals surface area contributed by atoms with E-state index in [-0.39, 0.29) is 11.3 Å². The summed E-state index contributed by atoms with van der Waals surface area (Å²) in [6.07, 6.45) is -4.45. The molecule has 0 aromatic heterocycles. The third kappa shape index (κ3) is 3.39. The monoisotopic (exact) mass is 324 g/mol. The Kier molecular flexibility index (Phi) is 3.85. The highest BCUT2D eigenvalue weighted by Gasteiger charge is 2.30. The number of benzene rings is 2. The summed E-state index contributed by atoms with van der Waals surface area (Å²) in [5.41, 5.74) is -0.804. The van der Waals surface area contributed by atoms with E-state index in [0.29, 0.717) is 24.7 Å². The Morgan fingerprint density at radius 1 is 0.957 bits per heavy atom. The highest BCUT2D eigenvalue weighted by atomic mass is 19.4. The summed E-state index contributed by atoms with van der Waals surface area (Å²) in [6.45, 7) is 0.834. The van der Waals surface area contributed by atoms with Crippen LogP contribution >= 0.6 is 0 Å². The van der Waals surface area contributed by atoms with Crippen LogP contribution in [0.5, 0.6) is 17.2 Å². The standard InChI is InChI=1S/C16H11F3O4/c17-16(18,19)11-3-1-10(2-4-11)15(20)23-12-5-6-13-14(9-12)22-8-7-21-13/h1-6,9H,7-8H2. The third-order valence-corrected chi connectivity index (χ3v) is 3.17. The summed E-state index contributed by atoms with van der Waals surface area (Å²) < 4.78 is 53.3. The zero-order valence-corrected chi connectivity index (χ0v) is 11.7. The predicted octanol–water partition coefficient (Wildman–Crippen LogP) is 3.70. The normalized spacial score (nSPS) is 13.5. The number of hydrogen-bond acceptors (Lipinski definition) is 4. The van der Waals surface area contributed by atoms with Crippen molar-refractivity contribution in [3.8, 4) is 17.2 Å². The van der Waals surface area contributed by atoms with Crippen LogP contribution in [0.25, 0.3) is 0 Å². The first-order valence-electron chi connectivity index (χ1n) is 6.72. The van der Waals surface area contributed by atoms with Gasteiger partial charge in [0.15, 0.2) is 11.5 Å². The van der Waals surface area contributed by atoms with Crippen LogP contribution in [0, 0.1) is 0 Å². The maximum Gasteiger partial charge on any atom is 0.416 e. The maximum absolute atomic E-state index is 12.5. The molecule has 0 amide bonds. The molecule has 1 heterocycles. The number of carbonyl (C=O) groups is 1. The first-order chi connectivity index (χ1) is 10.9. The van der Waals surface area contributed by atoms with E-state index in [1.807, 2.05) is 0 Å². The number of alkyl halides is 3. The Balaban J connectivity index is 1.74. The van der Waals surface area contributed by atoms with Crippen molar-refractivity contribution in [3.63, 3.8) is 0 Å². The summed E-state index contributed by atoms with van der Waals surface area (Å²) in [5.74, 6) is 0.467. The van der Waals surface area contributed by atoms with Gasteiger partial charge in [-0.2, -0.15) is 13.2 Å². The van der Waals surface area contributed by atoms with E-state index in [2.05, 4.69) is 0 Å². The van der Waals surface area contributed by atoms with Crippen LogP contribution in [0.4, 0.5) is 13.2 Å². The average Bonchev–Trinajstić information content (AvgIpc) is 2.54. The van der Waals surface area contributed by atoms with Gasteiger partial charge in [0.2, 0.25) is 0 Å². The second-order valence-electron chi connectivity index (χ2n) is 4.77. The molecule has 4 nitrogen and oxygen atoms in total. The second kappa shape index (κ2) is 5.83. The van der Waals surface area contributed by atoms with Crippen molar-refractivity contribution in [1.29, 1.82) is 0 Å². The minimum atomic E-state index is -4.45. The summed E-state index contributed by atoms with van der Waals surface area (Å²) in [7, 11) is 0. The number of hydrogen-bond donors (Lipinski definition) is 0. The van der Waals surface area contributed by atoms with E-state index in [4.69, 9.17) is 14.2 Å². The number of esters is 1. The van der Waals surface area contributed by atoms with Gasteiger partial charge in [0.05, 0.1) is 11.1 Å². The molecule has 0 atom stereocenters. The molecule has 0 radical (unpaired) electrons. The number of fused-ring (bicyclic) bond motifs is 1. The molecule has 7 heteroatoms. The minimum Gasteiger partial charge on any atom is -0.486 e. The molecule has 120 valence electrons. The molecule has 0 aliphatic carbocycles. The van der Waals surface area contributed by atoms with Crippen molar-refractivity contribution in [2.75, 3.05) is 13.2 Å². The fourth-order valence-corrected chi connectivity index (χ4v) is 2.05. The minimum absolute atomic E-state index is 0.0212. The van der Waals surface area contributed by atoms with E-state index in [1.54, 1.807) is 6.07 Å². The molecule has 3 rings (SSSR count). The van der Waals surface area contributed by atoms with Crippen molar-refractivity contribution in [3.05, 3.63) is 53.6 Å². The molecular formula is C16H11F3O4. The highest BCUT2D eigenvalue weighted by molar-refractivity contribution is 5.91. The SMILES string of the molecule is O=C(Oc1ccc2c(c1)OCCO2)c1ccc(C(F)(F)F)cc1. The van der Waals surface area contributed by atoms with Crippen molar-refractivity contribution in [2.24, 2.45) is 0 Å². The van der Waals surface area contributed by atoms with Crippen molar-refractivity contribution >= 4 is 5.97 Å².